The van der Waals surface area contributed by atoms with E-state index in [0.29, 0.717) is 45.1 Å². The fourth-order valence-electron chi connectivity index (χ4n) is 7.97. The Bertz CT molecular complexity index is 1380. The van der Waals surface area contributed by atoms with E-state index in [4.69, 9.17) is 0 Å². The van der Waals surface area contributed by atoms with Crippen molar-refractivity contribution < 1.29 is 32.4 Å². The van der Waals surface area contributed by atoms with Crippen LogP contribution in [0.15, 0.2) is 12.7 Å². The number of sulfone groups is 1. The average Bonchev–Trinajstić information content (AvgIpc) is 3.76. The minimum Gasteiger partial charge on any atom is -0.346 e. The standard InChI is InChI=1S/C37H61N5O7S/c1-6-22-38-32(45)29(43)27(24-26-16-17-26)39-31(44)28-15-14-23-42(28)33(46)30(36(5)18-10-8-11-19-36)40-34(47)41-37(20-12-9-13-21-37)25-50(48,49)35(3,4)7-2/h6,26-28,30H,1,7-25H2,2-5H3,(H,38,45)(H,39,44)(H2,40,41,47)/t27?,28-,30+/m0/s1. The number of amides is 5. The first-order chi connectivity index (χ1) is 23.6. The van der Waals surface area contributed by atoms with E-state index < -0.39 is 67.3 Å². The fraction of sp³-hybridized carbons (Fsp3) is 0.811. The molecule has 1 aliphatic heterocycles. The summed E-state index contributed by atoms with van der Waals surface area (Å²) in [6, 6.07) is -3.34. The average molecular weight is 720 g/mol. The predicted octanol–water partition coefficient (Wildman–Crippen LogP) is 4.08. The van der Waals surface area contributed by atoms with Crippen molar-refractivity contribution in [1.82, 2.24) is 26.2 Å². The van der Waals surface area contributed by atoms with Crippen molar-refractivity contribution in [2.45, 2.75) is 159 Å². The first kappa shape index (κ1) is 39.8. The van der Waals surface area contributed by atoms with Gasteiger partial charge in [0.15, 0.2) is 9.84 Å². The van der Waals surface area contributed by atoms with Gasteiger partial charge >= 0.3 is 6.03 Å². The number of carbonyl (C=O) groups is 5. The molecule has 1 saturated heterocycles. The van der Waals surface area contributed by atoms with Crippen LogP contribution in [0.2, 0.25) is 0 Å². The summed E-state index contributed by atoms with van der Waals surface area (Å²) < 4.78 is 26.2. The lowest BCUT2D eigenvalue weighted by atomic mass is 9.70. The minimum atomic E-state index is -3.57. The first-order valence-corrected chi connectivity index (χ1v) is 20.6. The smallest absolute Gasteiger partial charge is 0.315 e. The maximum atomic E-state index is 14.6. The van der Waals surface area contributed by atoms with Crippen LogP contribution in [0.1, 0.15) is 130 Å². The molecule has 0 spiro atoms. The fourth-order valence-corrected chi connectivity index (χ4v) is 9.89. The van der Waals surface area contributed by atoms with Crippen LogP contribution in [0.4, 0.5) is 4.79 Å². The summed E-state index contributed by atoms with van der Waals surface area (Å²) in [5, 5.41) is 11.4. The second-order valence-corrected chi connectivity index (χ2v) is 18.9. The zero-order chi connectivity index (χ0) is 36.7. The van der Waals surface area contributed by atoms with E-state index in [1.54, 1.807) is 13.8 Å². The van der Waals surface area contributed by atoms with E-state index in [0.717, 1.165) is 64.2 Å². The highest BCUT2D eigenvalue weighted by Gasteiger charge is 2.48. The summed E-state index contributed by atoms with van der Waals surface area (Å²) in [6.45, 7) is 11.3. The van der Waals surface area contributed by atoms with E-state index in [9.17, 15) is 32.4 Å². The molecule has 0 aromatic heterocycles. The van der Waals surface area contributed by atoms with Gasteiger partial charge < -0.3 is 26.2 Å². The Morgan fingerprint density at radius 3 is 2.12 bits per heavy atom. The molecule has 3 atom stereocenters. The predicted molar refractivity (Wildman–Crippen MR) is 193 cm³/mol. The minimum absolute atomic E-state index is 0.133. The normalized spacial score (nSPS) is 23.2. The Hall–Kier alpha value is -2.96. The Kier molecular flexibility index (Phi) is 13.2. The quantitative estimate of drug-likeness (QED) is 0.138. The van der Waals surface area contributed by atoms with Crippen LogP contribution in [0.25, 0.3) is 0 Å². The third-order valence-electron chi connectivity index (χ3n) is 11.9. The van der Waals surface area contributed by atoms with E-state index in [1.807, 2.05) is 13.8 Å². The zero-order valence-electron chi connectivity index (χ0n) is 30.7. The van der Waals surface area contributed by atoms with Gasteiger partial charge in [0.2, 0.25) is 17.6 Å². The number of nitrogens with zero attached hydrogens (tertiary/aromatic N) is 1. The van der Waals surface area contributed by atoms with Crippen LogP contribution in [0.3, 0.4) is 0 Å². The van der Waals surface area contributed by atoms with Gasteiger partial charge in [-0.25, -0.2) is 13.2 Å². The molecule has 0 bridgehead atoms. The number of rotatable bonds is 16. The van der Waals surface area contributed by atoms with Crippen molar-refractivity contribution in [2.75, 3.05) is 18.8 Å². The van der Waals surface area contributed by atoms with E-state index in [1.165, 1.54) is 11.0 Å². The summed E-state index contributed by atoms with van der Waals surface area (Å²) in [5.41, 5.74) is -1.51. The molecule has 50 heavy (non-hydrogen) atoms. The molecule has 4 aliphatic rings. The Morgan fingerprint density at radius 1 is 0.920 bits per heavy atom. The highest BCUT2D eigenvalue weighted by atomic mass is 32.2. The summed E-state index contributed by atoms with van der Waals surface area (Å²) in [4.78, 5) is 69.5. The first-order valence-electron chi connectivity index (χ1n) is 18.9. The van der Waals surface area contributed by atoms with Crippen LogP contribution in [-0.2, 0) is 29.0 Å². The summed E-state index contributed by atoms with van der Waals surface area (Å²) >= 11 is 0. The number of hydrogen-bond donors (Lipinski definition) is 4. The Labute approximate surface area is 299 Å². The number of hydrogen-bond acceptors (Lipinski definition) is 7. The Balaban J connectivity index is 1.54. The second kappa shape index (κ2) is 16.6. The number of urea groups is 1. The van der Waals surface area contributed by atoms with Gasteiger partial charge in [0.1, 0.15) is 12.1 Å². The summed E-state index contributed by atoms with van der Waals surface area (Å²) in [5.74, 6) is -2.23. The third kappa shape index (κ3) is 9.67. The van der Waals surface area contributed by atoms with Crippen LogP contribution in [-0.4, -0.2) is 90.1 Å². The topological polar surface area (TPSA) is 171 Å². The van der Waals surface area contributed by atoms with Crippen molar-refractivity contribution in [3.63, 3.8) is 0 Å². The van der Waals surface area contributed by atoms with Gasteiger partial charge in [0.25, 0.3) is 5.91 Å². The molecule has 0 aromatic rings. The number of nitrogens with one attached hydrogen (secondary N) is 4. The molecule has 4 N–H and O–H groups in total. The Morgan fingerprint density at radius 2 is 1.54 bits per heavy atom. The number of Topliss-reactive ketones (excluding diaryl/α,β-unsaturated/α-hetero) is 1. The van der Waals surface area contributed by atoms with Gasteiger partial charge in [0, 0.05) is 13.1 Å². The second-order valence-electron chi connectivity index (χ2n) is 16.3. The monoisotopic (exact) mass is 719 g/mol. The lowest BCUT2D eigenvalue weighted by Gasteiger charge is -2.44. The number of ketones is 1. The molecule has 0 radical (unpaired) electrons. The van der Waals surface area contributed by atoms with Gasteiger partial charge in [-0.05, 0) is 76.5 Å². The van der Waals surface area contributed by atoms with Crippen molar-refractivity contribution >= 4 is 39.4 Å². The van der Waals surface area contributed by atoms with Gasteiger partial charge in [-0.15, -0.1) is 6.58 Å². The summed E-state index contributed by atoms with van der Waals surface area (Å²) in [7, 11) is -3.57. The van der Waals surface area contributed by atoms with Crippen molar-refractivity contribution in [3.05, 3.63) is 12.7 Å². The van der Waals surface area contributed by atoms with Gasteiger partial charge in [0.05, 0.1) is 22.1 Å². The van der Waals surface area contributed by atoms with Crippen LogP contribution in [0.5, 0.6) is 0 Å². The highest BCUT2D eigenvalue weighted by molar-refractivity contribution is 7.92. The zero-order valence-corrected chi connectivity index (χ0v) is 31.6. The lowest BCUT2D eigenvalue weighted by Crippen LogP contribution is -2.64. The van der Waals surface area contributed by atoms with E-state index in [-0.39, 0.29) is 24.1 Å². The van der Waals surface area contributed by atoms with Crippen molar-refractivity contribution in [1.29, 1.82) is 0 Å². The maximum absolute atomic E-state index is 14.6. The molecule has 282 valence electrons. The molecule has 4 fully saturated rings. The molecule has 1 heterocycles. The van der Waals surface area contributed by atoms with E-state index in [2.05, 4.69) is 27.8 Å². The molecule has 12 nitrogen and oxygen atoms in total. The molecule has 4 rings (SSSR count). The third-order valence-corrected chi connectivity index (χ3v) is 14.8. The van der Waals surface area contributed by atoms with Crippen molar-refractivity contribution in [3.8, 4) is 0 Å². The molecule has 1 unspecified atom stereocenters. The molecular formula is C37H61N5O7S. The lowest BCUT2D eigenvalue weighted by molar-refractivity contribution is -0.144. The molecule has 3 aliphatic carbocycles. The van der Waals surface area contributed by atoms with Gasteiger partial charge in [-0.1, -0.05) is 71.3 Å². The number of carbonyl (C=O) groups excluding carboxylic acids is 5. The SMILES string of the molecule is C=CCNC(=O)C(=O)C(CC1CC1)NC(=O)[C@@H]1CCCN1C(=O)[C@@H](NC(=O)NC1(CS(=O)(=O)C(C)(C)CC)CCCCC1)C1(C)CCCCC1. The molecule has 13 heteroatoms. The molecule has 0 aromatic carbocycles. The maximum Gasteiger partial charge on any atom is 0.315 e. The van der Waals surface area contributed by atoms with Crippen LogP contribution < -0.4 is 21.3 Å². The summed E-state index contributed by atoms with van der Waals surface area (Å²) in [6.07, 6.45) is 13.0. The molecular weight excluding hydrogens is 659 g/mol. The van der Waals surface area contributed by atoms with Gasteiger partial charge in [-0.3, -0.25) is 19.2 Å². The largest absolute Gasteiger partial charge is 0.346 e. The van der Waals surface area contributed by atoms with Crippen molar-refractivity contribution in [2.24, 2.45) is 11.3 Å². The van der Waals surface area contributed by atoms with Gasteiger partial charge in [-0.2, -0.15) is 0 Å². The van der Waals surface area contributed by atoms with Crippen LogP contribution in [0, 0.1) is 11.3 Å². The van der Waals surface area contributed by atoms with Crippen LogP contribution >= 0.6 is 0 Å². The molecule has 3 saturated carbocycles. The number of likely N-dealkylation sites (tertiary alicyclic amines) is 1. The molecule has 5 amide bonds. The highest BCUT2D eigenvalue weighted by Crippen LogP contribution is 2.41. The van der Waals surface area contributed by atoms with E-state index >= 15 is 0 Å².